The molecule has 0 amide bonds. The average Bonchev–Trinajstić information content (AvgIpc) is 2.50. The number of benzene rings is 2. The zero-order valence-electron chi connectivity index (χ0n) is 14.2. The molecule has 0 bridgehead atoms. The van der Waals surface area contributed by atoms with E-state index in [1.54, 1.807) is 7.11 Å². The Morgan fingerprint density at radius 1 is 1.04 bits per heavy atom. The molecule has 2 aromatic rings. The van der Waals surface area contributed by atoms with Crippen LogP contribution in [0.4, 0.5) is 5.69 Å². The summed E-state index contributed by atoms with van der Waals surface area (Å²) in [4.78, 5) is 0. The second-order valence-electron chi connectivity index (χ2n) is 5.76. The molecule has 23 heavy (non-hydrogen) atoms. The SMILES string of the molecule is COc1ccc(C)cc1NC(=S)NCCc1ccc(C)cc1C. The van der Waals surface area contributed by atoms with Gasteiger partial charge in [-0.3, -0.25) is 0 Å². The monoisotopic (exact) mass is 328 g/mol. The smallest absolute Gasteiger partial charge is 0.170 e. The molecule has 0 spiro atoms. The summed E-state index contributed by atoms with van der Waals surface area (Å²) in [6.45, 7) is 7.10. The molecular formula is C19H24N2OS. The number of thiocarbonyl (C=S) groups is 1. The molecule has 0 aromatic heterocycles. The van der Waals surface area contributed by atoms with Crippen LogP contribution in [0.3, 0.4) is 0 Å². The lowest BCUT2D eigenvalue weighted by molar-refractivity contribution is 0.417. The maximum Gasteiger partial charge on any atom is 0.170 e. The number of ether oxygens (including phenoxy) is 1. The first kappa shape index (κ1) is 17.3. The molecule has 4 heteroatoms. The van der Waals surface area contributed by atoms with Gasteiger partial charge >= 0.3 is 0 Å². The lowest BCUT2D eigenvalue weighted by Crippen LogP contribution is -2.30. The minimum Gasteiger partial charge on any atom is -0.495 e. The fourth-order valence-corrected chi connectivity index (χ4v) is 2.74. The highest BCUT2D eigenvalue weighted by molar-refractivity contribution is 7.80. The number of rotatable bonds is 5. The molecule has 3 nitrogen and oxygen atoms in total. The number of anilines is 1. The molecule has 0 aliphatic carbocycles. The van der Waals surface area contributed by atoms with E-state index in [4.69, 9.17) is 17.0 Å². The summed E-state index contributed by atoms with van der Waals surface area (Å²) in [5.74, 6) is 0.786. The molecule has 0 fully saturated rings. The molecule has 0 unspecified atom stereocenters. The number of aryl methyl sites for hydroxylation is 3. The Balaban J connectivity index is 1.89. The number of methoxy groups -OCH3 is 1. The van der Waals surface area contributed by atoms with Gasteiger partial charge in [0.15, 0.2) is 5.11 Å². The van der Waals surface area contributed by atoms with Gasteiger partial charge in [0.2, 0.25) is 0 Å². The van der Waals surface area contributed by atoms with Crippen molar-refractivity contribution in [3.8, 4) is 5.75 Å². The predicted molar refractivity (Wildman–Crippen MR) is 102 cm³/mol. The van der Waals surface area contributed by atoms with Crippen LogP contribution in [0.5, 0.6) is 5.75 Å². The molecule has 2 rings (SSSR count). The normalized spacial score (nSPS) is 10.3. The minimum atomic E-state index is 0.610. The van der Waals surface area contributed by atoms with Gasteiger partial charge < -0.3 is 15.4 Å². The van der Waals surface area contributed by atoms with Gasteiger partial charge in [0.05, 0.1) is 12.8 Å². The third kappa shape index (κ3) is 4.96. The molecule has 2 N–H and O–H groups in total. The maximum atomic E-state index is 5.38. The second-order valence-corrected chi connectivity index (χ2v) is 6.17. The quantitative estimate of drug-likeness (QED) is 0.808. The van der Waals surface area contributed by atoms with Crippen molar-refractivity contribution >= 4 is 23.0 Å². The zero-order valence-corrected chi connectivity index (χ0v) is 15.0. The Morgan fingerprint density at radius 3 is 2.43 bits per heavy atom. The van der Waals surface area contributed by atoms with Crippen molar-refractivity contribution in [3.63, 3.8) is 0 Å². The van der Waals surface area contributed by atoms with Crippen molar-refractivity contribution in [1.29, 1.82) is 0 Å². The van der Waals surface area contributed by atoms with E-state index >= 15 is 0 Å². The molecule has 0 saturated carbocycles. The van der Waals surface area contributed by atoms with Gasteiger partial charge in [0.25, 0.3) is 0 Å². The third-order valence-electron chi connectivity index (χ3n) is 3.78. The van der Waals surface area contributed by atoms with Crippen LogP contribution in [0.25, 0.3) is 0 Å². The van der Waals surface area contributed by atoms with E-state index in [1.807, 2.05) is 25.1 Å². The van der Waals surface area contributed by atoms with Crippen LogP contribution in [0.2, 0.25) is 0 Å². The maximum absolute atomic E-state index is 5.38. The molecule has 2 aromatic carbocycles. The van der Waals surface area contributed by atoms with Crippen LogP contribution in [0.1, 0.15) is 22.3 Å². The Labute approximate surface area is 144 Å². The lowest BCUT2D eigenvalue weighted by atomic mass is 10.0. The molecule has 0 radical (unpaired) electrons. The van der Waals surface area contributed by atoms with Gasteiger partial charge in [-0.15, -0.1) is 0 Å². The number of hydrogen-bond donors (Lipinski definition) is 2. The first-order valence-electron chi connectivity index (χ1n) is 7.75. The fraction of sp³-hybridized carbons (Fsp3) is 0.316. The van der Waals surface area contributed by atoms with Crippen LogP contribution < -0.4 is 15.4 Å². The van der Waals surface area contributed by atoms with Gasteiger partial charge in [-0.05, 0) is 68.2 Å². The molecule has 0 saturated heterocycles. The number of nitrogens with one attached hydrogen (secondary N) is 2. The molecule has 0 aliphatic heterocycles. The van der Waals surface area contributed by atoms with Crippen molar-refractivity contribution in [2.24, 2.45) is 0 Å². The highest BCUT2D eigenvalue weighted by Gasteiger charge is 2.05. The summed E-state index contributed by atoms with van der Waals surface area (Å²) in [5, 5.41) is 7.07. The van der Waals surface area contributed by atoms with E-state index in [2.05, 4.69) is 42.7 Å². The van der Waals surface area contributed by atoms with E-state index < -0.39 is 0 Å². The van der Waals surface area contributed by atoms with Crippen LogP contribution >= 0.6 is 12.2 Å². The Morgan fingerprint density at radius 2 is 1.74 bits per heavy atom. The van der Waals surface area contributed by atoms with E-state index in [0.717, 1.165) is 30.0 Å². The first-order chi connectivity index (χ1) is 11.0. The second kappa shape index (κ2) is 7.97. The topological polar surface area (TPSA) is 33.3 Å². The van der Waals surface area contributed by atoms with Gasteiger partial charge in [-0.25, -0.2) is 0 Å². The fourth-order valence-electron chi connectivity index (χ4n) is 2.52. The van der Waals surface area contributed by atoms with Crippen molar-refractivity contribution < 1.29 is 4.74 Å². The lowest BCUT2D eigenvalue weighted by Gasteiger charge is -2.14. The van der Waals surface area contributed by atoms with E-state index in [0.29, 0.717) is 5.11 Å². The van der Waals surface area contributed by atoms with Crippen molar-refractivity contribution in [1.82, 2.24) is 5.32 Å². The van der Waals surface area contributed by atoms with Crippen LogP contribution in [0.15, 0.2) is 36.4 Å². The third-order valence-corrected chi connectivity index (χ3v) is 4.03. The van der Waals surface area contributed by atoms with Gasteiger partial charge in [0.1, 0.15) is 5.75 Å². The summed E-state index contributed by atoms with van der Waals surface area (Å²) in [5.41, 5.74) is 6.01. The number of hydrogen-bond acceptors (Lipinski definition) is 2. The van der Waals surface area contributed by atoms with Gasteiger partial charge in [0, 0.05) is 6.54 Å². The highest BCUT2D eigenvalue weighted by Crippen LogP contribution is 2.25. The first-order valence-corrected chi connectivity index (χ1v) is 8.16. The van der Waals surface area contributed by atoms with Gasteiger partial charge in [-0.1, -0.05) is 29.8 Å². The molecular weight excluding hydrogens is 304 g/mol. The summed E-state index contributed by atoms with van der Waals surface area (Å²) in [6, 6.07) is 12.5. The van der Waals surface area contributed by atoms with E-state index in [1.165, 1.54) is 16.7 Å². The van der Waals surface area contributed by atoms with Crippen LogP contribution in [-0.2, 0) is 6.42 Å². The van der Waals surface area contributed by atoms with Crippen molar-refractivity contribution in [2.75, 3.05) is 19.0 Å². The van der Waals surface area contributed by atoms with Crippen LogP contribution in [0, 0.1) is 20.8 Å². The van der Waals surface area contributed by atoms with Gasteiger partial charge in [-0.2, -0.15) is 0 Å². The minimum absolute atomic E-state index is 0.610. The standard InChI is InChI=1S/C19H24N2OS/c1-13-5-7-16(15(3)11-13)9-10-20-19(23)21-17-12-14(2)6-8-18(17)22-4/h5-8,11-12H,9-10H2,1-4H3,(H2,20,21,23). The Hall–Kier alpha value is -2.07. The highest BCUT2D eigenvalue weighted by atomic mass is 32.1. The summed E-state index contributed by atoms with van der Waals surface area (Å²) < 4.78 is 5.35. The largest absolute Gasteiger partial charge is 0.495 e. The Bertz CT molecular complexity index is 698. The van der Waals surface area contributed by atoms with Crippen molar-refractivity contribution in [2.45, 2.75) is 27.2 Å². The van der Waals surface area contributed by atoms with E-state index in [9.17, 15) is 0 Å². The summed E-state index contributed by atoms with van der Waals surface area (Å²) >= 11 is 5.38. The summed E-state index contributed by atoms with van der Waals surface area (Å²) in [7, 11) is 1.66. The van der Waals surface area contributed by atoms with Crippen LogP contribution in [-0.4, -0.2) is 18.8 Å². The Kier molecular flexibility index (Phi) is 5.99. The summed E-state index contributed by atoms with van der Waals surface area (Å²) in [6.07, 6.45) is 0.943. The predicted octanol–water partition coefficient (Wildman–Crippen LogP) is 4.15. The molecule has 0 atom stereocenters. The average molecular weight is 328 g/mol. The molecule has 0 heterocycles. The zero-order chi connectivity index (χ0) is 16.8. The van der Waals surface area contributed by atoms with Crippen molar-refractivity contribution in [3.05, 3.63) is 58.7 Å². The molecule has 0 aliphatic rings. The van der Waals surface area contributed by atoms with E-state index in [-0.39, 0.29) is 0 Å². The molecule has 122 valence electrons.